The van der Waals surface area contributed by atoms with E-state index < -0.39 is 47.3 Å². The smallest absolute Gasteiger partial charge is 0.307 e. The van der Waals surface area contributed by atoms with Crippen LogP contribution >= 0.6 is 0 Å². The molecule has 5 aromatic rings. The zero-order valence-electron chi connectivity index (χ0n) is 19.6. The van der Waals surface area contributed by atoms with Crippen molar-refractivity contribution in [3.63, 3.8) is 0 Å². The average molecular weight is 521 g/mol. The maximum absolute atomic E-state index is 15.1. The van der Waals surface area contributed by atoms with Crippen molar-refractivity contribution in [3.8, 4) is 22.9 Å². The minimum atomic E-state index is -1.18. The first-order valence-electron chi connectivity index (χ1n) is 11.4. The summed E-state index contributed by atoms with van der Waals surface area (Å²) in [6.07, 6.45) is 3.79. The summed E-state index contributed by atoms with van der Waals surface area (Å²) in [6, 6.07) is 10.5. The molecule has 0 aliphatic heterocycles. The van der Waals surface area contributed by atoms with Crippen LogP contribution in [0.5, 0.6) is 11.5 Å². The third kappa shape index (κ3) is 4.52. The lowest BCUT2D eigenvalue weighted by Crippen LogP contribution is -2.07. The predicted molar refractivity (Wildman–Crippen MR) is 132 cm³/mol. The van der Waals surface area contributed by atoms with Crippen LogP contribution in [0.3, 0.4) is 0 Å². The minimum absolute atomic E-state index is 0.00905. The zero-order chi connectivity index (χ0) is 27.0. The van der Waals surface area contributed by atoms with E-state index in [9.17, 15) is 18.0 Å². The van der Waals surface area contributed by atoms with Gasteiger partial charge in [0.15, 0.2) is 17.4 Å². The van der Waals surface area contributed by atoms with Crippen LogP contribution in [0.15, 0.2) is 73.6 Å². The van der Waals surface area contributed by atoms with Crippen molar-refractivity contribution in [3.05, 3.63) is 114 Å². The maximum Gasteiger partial charge on any atom is 0.307 e. The Morgan fingerprint density at radius 1 is 1.08 bits per heavy atom. The molecular weight excluding hydrogens is 502 g/mol. The molecule has 6 nitrogen and oxygen atoms in total. The molecule has 0 saturated carbocycles. The normalized spacial score (nSPS) is 12.0. The molecule has 0 saturated heterocycles. The molecule has 192 valence electrons. The number of carbonyl (C=O) groups is 1. The summed E-state index contributed by atoms with van der Waals surface area (Å²) in [7, 11) is 0. The van der Waals surface area contributed by atoms with E-state index >= 15 is 4.39 Å². The lowest BCUT2D eigenvalue weighted by Gasteiger charge is -2.14. The van der Waals surface area contributed by atoms with Gasteiger partial charge in [-0.05, 0) is 29.8 Å². The fraction of sp³-hybridized carbons (Fsp3) is 0.0714. The highest BCUT2D eigenvalue weighted by molar-refractivity contribution is 5.82. The highest BCUT2D eigenvalue weighted by Gasteiger charge is 2.22. The number of carboxylic acid groups (broad SMARTS) is 1. The number of nitrogens with one attached hydrogen (secondary N) is 2. The zero-order valence-corrected chi connectivity index (χ0v) is 19.6. The van der Waals surface area contributed by atoms with Crippen LogP contribution in [-0.2, 0) is 11.2 Å². The molecule has 0 spiro atoms. The molecule has 1 atom stereocenters. The Kier molecular flexibility index (Phi) is 6.46. The third-order valence-corrected chi connectivity index (χ3v) is 6.07. The van der Waals surface area contributed by atoms with Crippen LogP contribution in [0.25, 0.3) is 22.3 Å². The second-order valence-electron chi connectivity index (χ2n) is 8.48. The number of ether oxygens (including phenoxy) is 1. The Hall–Kier alpha value is -4.86. The van der Waals surface area contributed by atoms with Crippen LogP contribution in [0.2, 0.25) is 0 Å². The molecule has 1 unspecified atom stereocenters. The average Bonchev–Trinajstić information content (AvgIpc) is 3.55. The molecule has 0 bridgehead atoms. The summed E-state index contributed by atoms with van der Waals surface area (Å²) in [5.41, 5.74) is 0.742. The van der Waals surface area contributed by atoms with Crippen LogP contribution in [-0.4, -0.2) is 26.0 Å². The number of hydrogen-bond acceptors (Lipinski definition) is 3. The number of aliphatic carboxylic acids is 1. The number of H-pyrrole nitrogens is 2. The summed E-state index contributed by atoms with van der Waals surface area (Å²) in [4.78, 5) is 20.9. The number of rotatable bonds is 8. The number of fused-ring (bicyclic) bond motifs is 1. The van der Waals surface area contributed by atoms with Gasteiger partial charge in [-0.1, -0.05) is 24.3 Å². The Bertz CT molecular complexity index is 1690. The molecule has 2 heterocycles. The van der Waals surface area contributed by atoms with Gasteiger partial charge in [-0.25, -0.2) is 22.5 Å². The van der Waals surface area contributed by atoms with E-state index in [1.807, 2.05) is 0 Å². The molecule has 0 radical (unpaired) electrons. The Labute approximate surface area is 213 Å². The molecular formula is C28H19F4N3O3. The van der Waals surface area contributed by atoms with E-state index in [-0.39, 0.29) is 39.2 Å². The number of benzene rings is 3. The Morgan fingerprint density at radius 2 is 1.89 bits per heavy atom. The first-order valence-corrected chi connectivity index (χ1v) is 11.4. The van der Waals surface area contributed by atoms with E-state index in [1.54, 1.807) is 0 Å². The molecule has 0 amide bonds. The highest BCUT2D eigenvalue weighted by atomic mass is 19.1. The Morgan fingerprint density at radius 3 is 2.66 bits per heavy atom. The molecule has 3 aromatic carbocycles. The van der Waals surface area contributed by atoms with Gasteiger partial charge in [0.1, 0.15) is 23.2 Å². The van der Waals surface area contributed by atoms with Gasteiger partial charge < -0.3 is 19.8 Å². The topological polar surface area (TPSA) is 91.0 Å². The van der Waals surface area contributed by atoms with Gasteiger partial charge in [0, 0.05) is 41.0 Å². The number of allylic oxidation sites excluding steroid dienone is 1. The SMILES string of the molecule is C=CC(c1cnc(-c2cc(Oc3c(F)cc4[nH]ccc4c3F)ccc2F)[nH]1)c1cccc(CC(=O)O)c1F. The molecule has 0 aliphatic rings. The first-order chi connectivity index (χ1) is 18.3. The minimum Gasteiger partial charge on any atom is -0.481 e. The van der Waals surface area contributed by atoms with Gasteiger partial charge in [0.25, 0.3) is 0 Å². The molecule has 0 aliphatic carbocycles. The van der Waals surface area contributed by atoms with E-state index in [2.05, 4.69) is 21.5 Å². The lowest BCUT2D eigenvalue weighted by molar-refractivity contribution is -0.136. The van der Waals surface area contributed by atoms with Crippen molar-refractivity contribution >= 4 is 16.9 Å². The predicted octanol–water partition coefficient (Wildman–Crippen LogP) is 6.85. The second-order valence-corrected chi connectivity index (χ2v) is 8.48. The number of halogens is 4. The Balaban J connectivity index is 1.48. The van der Waals surface area contributed by atoms with Crippen molar-refractivity contribution < 1.29 is 32.2 Å². The summed E-state index contributed by atoms with van der Waals surface area (Å²) in [5, 5.41) is 9.18. The number of carboxylic acids is 1. The van der Waals surface area contributed by atoms with E-state index in [4.69, 9.17) is 9.84 Å². The molecule has 2 aromatic heterocycles. The van der Waals surface area contributed by atoms with E-state index in [1.165, 1.54) is 54.9 Å². The van der Waals surface area contributed by atoms with Gasteiger partial charge in [0.2, 0.25) is 0 Å². The summed E-state index contributed by atoms with van der Waals surface area (Å²) >= 11 is 0. The number of aromatic amines is 2. The molecule has 5 rings (SSSR count). The van der Waals surface area contributed by atoms with Crippen LogP contribution in [0.4, 0.5) is 17.6 Å². The number of nitrogens with zero attached hydrogens (tertiary/aromatic N) is 1. The van der Waals surface area contributed by atoms with Crippen molar-refractivity contribution in [2.75, 3.05) is 0 Å². The third-order valence-electron chi connectivity index (χ3n) is 6.07. The molecule has 10 heteroatoms. The van der Waals surface area contributed by atoms with Gasteiger partial charge in [-0.3, -0.25) is 4.79 Å². The highest BCUT2D eigenvalue weighted by Crippen LogP contribution is 2.35. The second kappa shape index (κ2) is 9.89. The van der Waals surface area contributed by atoms with Crippen LogP contribution < -0.4 is 4.74 Å². The van der Waals surface area contributed by atoms with Crippen molar-refractivity contribution in [2.45, 2.75) is 12.3 Å². The fourth-order valence-corrected chi connectivity index (χ4v) is 4.26. The standard InChI is InChI=1S/C28H19F4N3O3/c1-2-16(17-5-3-4-14(25(17)31)10-24(36)37)23-13-34-28(35-23)19-11-15(6-7-20(19)29)38-27-21(30)12-22-18(26(27)32)8-9-33-22/h2-9,11-13,16,33H,1,10H2,(H,34,35)(H,36,37). The van der Waals surface area contributed by atoms with Crippen LogP contribution in [0, 0.1) is 23.3 Å². The number of hydrogen-bond donors (Lipinski definition) is 3. The van der Waals surface area contributed by atoms with E-state index in [0.29, 0.717) is 5.69 Å². The first kappa shape index (κ1) is 24.8. The monoisotopic (exact) mass is 521 g/mol. The van der Waals surface area contributed by atoms with Gasteiger partial charge in [0.05, 0.1) is 17.5 Å². The van der Waals surface area contributed by atoms with Crippen LogP contribution in [0.1, 0.15) is 22.7 Å². The van der Waals surface area contributed by atoms with Crippen molar-refractivity contribution in [1.29, 1.82) is 0 Å². The molecule has 38 heavy (non-hydrogen) atoms. The maximum atomic E-state index is 15.1. The summed E-state index contributed by atoms with van der Waals surface area (Å²) in [6.45, 7) is 3.74. The fourth-order valence-electron chi connectivity index (χ4n) is 4.26. The van der Waals surface area contributed by atoms with Crippen molar-refractivity contribution in [2.24, 2.45) is 0 Å². The number of aromatic nitrogens is 3. The molecule has 3 N–H and O–H groups in total. The summed E-state index contributed by atoms with van der Waals surface area (Å²) < 4.78 is 64.6. The largest absolute Gasteiger partial charge is 0.481 e. The van der Waals surface area contributed by atoms with Gasteiger partial charge in [-0.2, -0.15) is 0 Å². The summed E-state index contributed by atoms with van der Waals surface area (Å²) in [5.74, 6) is -5.78. The lowest BCUT2D eigenvalue weighted by atomic mass is 9.93. The van der Waals surface area contributed by atoms with Crippen molar-refractivity contribution in [1.82, 2.24) is 15.0 Å². The van der Waals surface area contributed by atoms with E-state index in [0.717, 1.165) is 12.1 Å². The van der Waals surface area contributed by atoms with Gasteiger partial charge in [-0.15, -0.1) is 6.58 Å². The number of imidazole rings is 1. The quantitative estimate of drug-likeness (QED) is 0.154. The molecule has 0 fully saturated rings. The van der Waals surface area contributed by atoms with Gasteiger partial charge >= 0.3 is 5.97 Å².